The fourth-order valence-corrected chi connectivity index (χ4v) is 18.6. The monoisotopic (exact) mass is 1360 g/mol. The molecule has 82 heavy (non-hydrogen) atoms. The fourth-order valence-electron chi connectivity index (χ4n) is 10.3. The summed E-state index contributed by atoms with van der Waals surface area (Å²) in [6.45, 7) is 6.73. The van der Waals surface area contributed by atoms with Gasteiger partial charge in [-0.25, -0.2) is 0 Å². The van der Waals surface area contributed by atoms with Crippen molar-refractivity contribution in [1.29, 1.82) is 0 Å². The number of hydrogen-bond acceptors (Lipinski definition) is 12. The van der Waals surface area contributed by atoms with Crippen LogP contribution >= 0.6 is 0 Å². The van der Waals surface area contributed by atoms with E-state index in [-0.39, 0.29) is 23.1 Å². The predicted molar refractivity (Wildman–Crippen MR) is 336 cm³/mol. The minimum absolute atomic E-state index is 0.0907. The van der Waals surface area contributed by atoms with E-state index in [1.165, 1.54) is 125 Å². The number of carbonyl (C=O) groups excluding carboxylic acids is 6. The molecule has 0 aliphatic carbocycles. The molecule has 2 aliphatic rings. The third kappa shape index (κ3) is 40.2. The quantitative estimate of drug-likeness (QED) is 0.0246. The molecule has 0 saturated heterocycles. The third-order valence-electron chi connectivity index (χ3n) is 15.2. The second kappa shape index (κ2) is 50.1. The van der Waals surface area contributed by atoms with Crippen LogP contribution in [0.4, 0.5) is 0 Å². The van der Waals surface area contributed by atoms with Crippen molar-refractivity contribution in [3.63, 3.8) is 0 Å². The van der Waals surface area contributed by atoms with Crippen LogP contribution in [0.3, 0.4) is 0 Å². The maximum absolute atomic E-state index is 14.0. The topological polar surface area (TPSA) is 158 Å². The SMILES string of the molecule is CCCCCCCC/C=C\CCCCCCCCC1=CC(=O)[O][Sn]([CH3])([O]C(=O)/C=C(/CCCCCCCC/C=C\CCCCCCCC)C(=O)[O][Sn]2([CH3])[O]C(=O)C=C(CCCCCCCC/C=C\CCCCCCCC)C(=O)[O]2)[O]C1=O. The van der Waals surface area contributed by atoms with Gasteiger partial charge in [-0.15, -0.1) is 0 Å². The van der Waals surface area contributed by atoms with Crippen molar-refractivity contribution in [1.82, 2.24) is 0 Å². The molecule has 0 spiro atoms. The van der Waals surface area contributed by atoms with E-state index in [1.54, 1.807) is 0 Å². The normalized spacial score (nSPS) is 17.8. The Hall–Kier alpha value is -3.14. The number of carbonyl (C=O) groups is 6. The molecule has 2 rings (SSSR count). The molecule has 2 unspecified atom stereocenters. The number of allylic oxidation sites excluding steroid dienone is 6. The molecule has 0 radical (unpaired) electrons. The van der Waals surface area contributed by atoms with Crippen molar-refractivity contribution < 1.29 is 47.2 Å². The minimum atomic E-state index is -5.22. The zero-order valence-corrected chi connectivity index (χ0v) is 58.1. The number of rotatable bonds is 52. The van der Waals surface area contributed by atoms with Crippen molar-refractivity contribution in [2.24, 2.45) is 0 Å². The van der Waals surface area contributed by atoms with Gasteiger partial charge in [0.25, 0.3) is 0 Å². The van der Waals surface area contributed by atoms with Gasteiger partial charge in [0, 0.05) is 0 Å². The standard InChI is InChI=1S/3C22H38O4.2CH3.2Sn/c3*1-2-3-4-5-6-7-8-9-10-11-12-13-14-15-16-17-18-20(22(25)26)19-21(23)24;;;;/h3*9-10,19H,2-8,11-18H2,1H3,(H,23,24)(H,25,26);2*1H3;;/q;;;;;2*+3/p-6/b2*10-9-,20-19?;10-9-,20-19-;;;;. The van der Waals surface area contributed by atoms with Gasteiger partial charge in [-0.2, -0.15) is 0 Å². The summed E-state index contributed by atoms with van der Waals surface area (Å²) < 4.78 is 34.1. The first-order valence-electron chi connectivity index (χ1n) is 33.3. The Balaban J connectivity index is 1.93. The van der Waals surface area contributed by atoms with E-state index in [0.29, 0.717) is 32.1 Å². The summed E-state index contributed by atoms with van der Waals surface area (Å²) in [5.74, 6) is -5.14. The summed E-state index contributed by atoms with van der Waals surface area (Å²) in [6.07, 6.45) is 65.5. The van der Waals surface area contributed by atoms with Crippen LogP contribution in [-0.2, 0) is 47.2 Å². The Morgan fingerprint density at radius 2 is 0.659 bits per heavy atom. The van der Waals surface area contributed by atoms with Crippen molar-refractivity contribution in [2.45, 2.75) is 320 Å². The van der Waals surface area contributed by atoms with Crippen LogP contribution in [0.25, 0.3) is 0 Å². The molecular weight excluding hydrogens is 1250 g/mol. The van der Waals surface area contributed by atoms with Gasteiger partial charge in [-0.3, -0.25) is 0 Å². The average Bonchev–Trinajstić information content (AvgIpc) is 3.61. The van der Waals surface area contributed by atoms with Gasteiger partial charge in [0.1, 0.15) is 0 Å². The Labute approximate surface area is 509 Å². The van der Waals surface area contributed by atoms with Crippen molar-refractivity contribution in [3.8, 4) is 0 Å². The summed E-state index contributed by atoms with van der Waals surface area (Å²) in [7, 11) is 0. The van der Waals surface area contributed by atoms with Crippen molar-refractivity contribution >= 4 is 75.1 Å². The molecule has 0 bridgehead atoms. The van der Waals surface area contributed by atoms with E-state index in [0.717, 1.165) is 153 Å². The summed E-state index contributed by atoms with van der Waals surface area (Å²) in [4.78, 5) is 83.3. The molecule has 0 saturated carbocycles. The van der Waals surface area contributed by atoms with E-state index in [1.807, 2.05) is 0 Å². The Kier molecular flexibility index (Phi) is 45.8. The van der Waals surface area contributed by atoms with Gasteiger partial charge in [-0.05, 0) is 38.5 Å². The van der Waals surface area contributed by atoms with Gasteiger partial charge in [0.15, 0.2) is 0 Å². The van der Waals surface area contributed by atoms with Crippen LogP contribution < -0.4 is 0 Å². The van der Waals surface area contributed by atoms with E-state index in [2.05, 4.69) is 57.2 Å². The second-order valence-corrected chi connectivity index (χ2v) is 36.6. The molecule has 0 aromatic rings. The summed E-state index contributed by atoms with van der Waals surface area (Å²) in [5.41, 5.74) is 0.257. The summed E-state index contributed by atoms with van der Waals surface area (Å²) >= 11 is -10.4. The molecule has 0 amide bonds. The molecular formula is C68H114O12Sn2. The van der Waals surface area contributed by atoms with Crippen LogP contribution in [0.15, 0.2) is 71.4 Å². The van der Waals surface area contributed by atoms with E-state index >= 15 is 0 Å². The zero-order chi connectivity index (χ0) is 59.6. The molecule has 466 valence electrons. The average molecular weight is 1360 g/mol. The van der Waals surface area contributed by atoms with Crippen LogP contribution in [0, 0.1) is 0 Å². The number of unbranched alkanes of at least 4 members (excludes halogenated alkanes) is 36. The molecule has 2 heterocycles. The van der Waals surface area contributed by atoms with Gasteiger partial charge in [0.2, 0.25) is 0 Å². The molecule has 0 aromatic heterocycles. The summed E-state index contributed by atoms with van der Waals surface area (Å²) in [6, 6.07) is 0. The van der Waals surface area contributed by atoms with Crippen LogP contribution in [0.5, 0.6) is 0 Å². The molecule has 0 aromatic carbocycles. The Morgan fingerprint density at radius 1 is 0.378 bits per heavy atom. The predicted octanol–water partition coefficient (Wildman–Crippen LogP) is 19.5. The van der Waals surface area contributed by atoms with Gasteiger partial charge >= 0.3 is 339 Å². The Morgan fingerprint density at radius 3 is 0.988 bits per heavy atom. The molecule has 2 atom stereocenters. The van der Waals surface area contributed by atoms with E-state index < -0.39 is 75.1 Å². The maximum atomic E-state index is 14.0. The van der Waals surface area contributed by atoms with Crippen LogP contribution in [0.2, 0.25) is 9.88 Å². The first kappa shape index (κ1) is 75.0. The molecule has 0 N–H and O–H groups in total. The molecule has 0 fully saturated rings. The van der Waals surface area contributed by atoms with Crippen LogP contribution in [0.1, 0.15) is 310 Å². The van der Waals surface area contributed by atoms with Crippen molar-refractivity contribution in [2.75, 3.05) is 0 Å². The molecule has 12 nitrogen and oxygen atoms in total. The van der Waals surface area contributed by atoms with Gasteiger partial charge < -0.3 is 0 Å². The summed E-state index contributed by atoms with van der Waals surface area (Å²) in [5, 5.41) is 0. The van der Waals surface area contributed by atoms with E-state index in [9.17, 15) is 28.8 Å². The number of hydrogen-bond donors (Lipinski definition) is 0. The van der Waals surface area contributed by atoms with E-state index in [4.69, 9.17) is 18.4 Å². The Bertz CT molecular complexity index is 1970. The fraction of sp³-hybridized carbons (Fsp3) is 0.735. The zero-order valence-electron chi connectivity index (χ0n) is 52.4. The second-order valence-electron chi connectivity index (χ2n) is 23.2. The first-order valence-corrected chi connectivity index (χ1v) is 46.0. The van der Waals surface area contributed by atoms with Crippen LogP contribution in [-0.4, -0.2) is 75.1 Å². The first-order chi connectivity index (χ1) is 39.8. The van der Waals surface area contributed by atoms with Gasteiger partial charge in [0.05, 0.1) is 0 Å². The molecule has 14 heteroatoms. The third-order valence-corrected chi connectivity index (χ3v) is 24.9. The van der Waals surface area contributed by atoms with Gasteiger partial charge in [-0.1, -0.05) is 135 Å². The van der Waals surface area contributed by atoms with Crippen molar-refractivity contribution in [3.05, 3.63) is 71.4 Å². The molecule has 2 aliphatic heterocycles.